The normalized spacial score (nSPS) is 14.6. The van der Waals surface area contributed by atoms with Gasteiger partial charge in [-0.25, -0.2) is 5.32 Å². The standard InChI is InChI=1S/C8H5NO/c10-8-7-4-2-1-3-6(7)5-9-8/h2-4H,5H2. The van der Waals surface area contributed by atoms with Gasteiger partial charge < -0.3 is 0 Å². The molecule has 1 aromatic rings. The van der Waals surface area contributed by atoms with E-state index in [9.17, 15) is 4.79 Å². The summed E-state index contributed by atoms with van der Waals surface area (Å²) < 4.78 is 0. The summed E-state index contributed by atoms with van der Waals surface area (Å²) in [4.78, 5) is 10.9. The van der Waals surface area contributed by atoms with E-state index in [4.69, 9.17) is 0 Å². The van der Waals surface area contributed by atoms with Crippen LogP contribution in [0, 0.1) is 6.07 Å². The number of benzene rings is 1. The zero-order valence-electron chi connectivity index (χ0n) is 5.29. The summed E-state index contributed by atoms with van der Waals surface area (Å²) in [5.41, 5.74) is 1.73. The number of carbonyl (C=O) groups excluding carboxylic acids is 1. The molecule has 0 fully saturated rings. The van der Waals surface area contributed by atoms with Crippen molar-refractivity contribution in [1.29, 1.82) is 0 Å². The molecule has 10 heavy (non-hydrogen) atoms. The minimum atomic E-state index is -0.0935. The maximum Gasteiger partial charge on any atom is 0.273 e. The van der Waals surface area contributed by atoms with Gasteiger partial charge in [0, 0.05) is 5.56 Å². The van der Waals surface area contributed by atoms with E-state index >= 15 is 0 Å². The van der Waals surface area contributed by atoms with E-state index in [0.29, 0.717) is 6.54 Å². The Balaban J connectivity index is 2.61. The van der Waals surface area contributed by atoms with Crippen molar-refractivity contribution in [3.05, 3.63) is 35.4 Å². The number of rotatable bonds is 0. The molecule has 0 unspecified atom stereocenters. The summed E-state index contributed by atoms with van der Waals surface area (Å²) >= 11 is 0. The number of amides is 1. The Labute approximate surface area is 58.9 Å². The van der Waals surface area contributed by atoms with Gasteiger partial charge in [-0.3, -0.25) is 4.79 Å². The van der Waals surface area contributed by atoms with Gasteiger partial charge >= 0.3 is 0 Å². The minimum absolute atomic E-state index is 0.0935. The van der Waals surface area contributed by atoms with Gasteiger partial charge in [0.1, 0.15) is 0 Å². The van der Waals surface area contributed by atoms with Crippen molar-refractivity contribution in [2.24, 2.45) is 0 Å². The molecule has 0 aliphatic carbocycles. The van der Waals surface area contributed by atoms with Crippen LogP contribution in [-0.4, -0.2) is 5.91 Å². The van der Waals surface area contributed by atoms with Crippen LogP contribution in [0.4, 0.5) is 0 Å². The molecule has 0 atom stereocenters. The Morgan fingerprint density at radius 2 is 2.50 bits per heavy atom. The van der Waals surface area contributed by atoms with Crippen LogP contribution in [0.25, 0.3) is 0 Å². The lowest BCUT2D eigenvalue weighted by Crippen LogP contribution is -2.03. The fourth-order valence-electron chi connectivity index (χ4n) is 1.05. The van der Waals surface area contributed by atoms with Gasteiger partial charge in [-0.1, -0.05) is 6.07 Å². The quantitative estimate of drug-likeness (QED) is 0.511. The van der Waals surface area contributed by atoms with E-state index < -0.39 is 0 Å². The smallest absolute Gasteiger partial charge is 0.267 e. The third-order valence-corrected chi connectivity index (χ3v) is 1.57. The Hall–Kier alpha value is -1.31. The monoisotopic (exact) mass is 131 g/mol. The minimum Gasteiger partial charge on any atom is -0.267 e. The largest absolute Gasteiger partial charge is 0.273 e. The molecule has 1 amide bonds. The highest BCUT2D eigenvalue weighted by atomic mass is 16.1. The highest BCUT2D eigenvalue weighted by molar-refractivity contribution is 5.97. The van der Waals surface area contributed by atoms with E-state index in [0.717, 1.165) is 11.1 Å². The van der Waals surface area contributed by atoms with E-state index in [1.165, 1.54) is 0 Å². The van der Waals surface area contributed by atoms with Crippen molar-refractivity contribution in [1.82, 2.24) is 5.32 Å². The van der Waals surface area contributed by atoms with Gasteiger partial charge in [0.05, 0.1) is 6.54 Å². The van der Waals surface area contributed by atoms with Crippen molar-refractivity contribution < 1.29 is 4.79 Å². The second-order valence-electron chi connectivity index (χ2n) is 2.20. The van der Waals surface area contributed by atoms with Crippen LogP contribution in [0.5, 0.6) is 0 Å². The average Bonchev–Trinajstić information content (AvgIpc) is 2.34. The lowest BCUT2D eigenvalue weighted by atomic mass is 10.1. The molecule has 2 rings (SSSR count). The number of fused-ring (bicyclic) bond motifs is 1. The predicted molar refractivity (Wildman–Crippen MR) is 35.4 cm³/mol. The molecule has 0 bridgehead atoms. The first-order chi connectivity index (χ1) is 4.88. The summed E-state index contributed by atoms with van der Waals surface area (Å²) in [6.45, 7) is 0.533. The molecule has 0 saturated heterocycles. The van der Waals surface area contributed by atoms with Crippen molar-refractivity contribution in [2.45, 2.75) is 6.54 Å². The van der Waals surface area contributed by atoms with Crippen molar-refractivity contribution >= 4 is 5.91 Å². The first-order valence-corrected chi connectivity index (χ1v) is 3.09. The van der Waals surface area contributed by atoms with Gasteiger partial charge in [0.25, 0.3) is 5.91 Å². The Morgan fingerprint density at radius 3 is 3.30 bits per heavy atom. The molecule has 1 aromatic carbocycles. The molecule has 0 aromatic heterocycles. The highest BCUT2D eigenvalue weighted by Gasteiger charge is 2.18. The van der Waals surface area contributed by atoms with Gasteiger partial charge in [0.2, 0.25) is 0 Å². The Morgan fingerprint density at radius 1 is 1.60 bits per heavy atom. The zero-order chi connectivity index (χ0) is 6.97. The van der Waals surface area contributed by atoms with Gasteiger partial charge in [-0.2, -0.15) is 0 Å². The molecule has 2 nitrogen and oxygen atoms in total. The van der Waals surface area contributed by atoms with Crippen molar-refractivity contribution in [2.75, 3.05) is 0 Å². The average molecular weight is 131 g/mol. The molecule has 1 heterocycles. The van der Waals surface area contributed by atoms with Gasteiger partial charge in [0.15, 0.2) is 0 Å². The first-order valence-electron chi connectivity index (χ1n) is 3.09. The fraction of sp³-hybridized carbons (Fsp3) is 0.125. The predicted octanol–water partition coefficient (Wildman–Crippen LogP) is 0.745. The van der Waals surface area contributed by atoms with E-state index in [-0.39, 0.29) is 5.91 Å². The van der Waals surface area contributed by atoms with Crippen molar-refractivity contribution in [3.8, 4) is 0 Å². The molecular formula is C8H5NO. The number of carbonyl (C=O) groups is 1. The van der Waals surface area contributed by atoms with Crippen LogP contribution in [-0.2, 0) is 6.54 Å². The van der Waals surface area contributed by atoms with Crippen molar-refractivity contribution in [3.63, 3.8) is 0 Å². The maximum atomic E-state index is 10.9. The molecule has 48 valence electrons. The maximum absolute atomic E-state index is 10.9. The second-order valence-corrected chi connectivity index (χ2v) is 2.20. The Bertz CT molecular complexity index is 280. The lowest BCUT2D eigenvalue weighted by Gasteiger charge is -1.88. The van der Waals surface area contributed by atoms with E-state index in [2.05, 4.69) is 11.4 Å². The van der Waals surface area contributed by atoms with Crippen LogP contribution in [0.2, 0.25) is 0 Å². The summed E-state index contributed by atoms with van der Waals surface area (Å²) in [6, 6.07) is 8.20. The molecule has 1 aliphatic rings. The SMILES string of the molecule is O=C1[N]Cc2c[c]ccc21. The van der Waals surface area contributed by atoms with Crippen LogP contribution >= 0.6 is 0 Å². The molecule has 2 heteroatoms. The van der Waals surface area contributed by atoms with Crippen LogP contribution in [0.15, 0.2) is 18.2 Å². The van der Waals surface area contributed by atoms with Gasteiger partial charge in [-0.05, 0) is 23.8 Å². The lowest BCUT2D eigenvalue weighted by molar-refractivity contribution is 0.0961. The summed E-state index contributed by atoms with van der Waals surface area (Å²) in [7, 11) is 0. The summed E-state index contributed by atoms with van der Waals surface area (Å²) in [6.07, 6.45) is 0. The van der Waals surface area contributed by atoms with E-state index in [1.54, 1.807) is 12.1 Å². The molecule has 2 radical (unpaired) electrons. The highest BCUT2D eigenvalue weighted by Crippen LogP contribution is 2.14. The van der Waals surface area contributed by atoms with Crippen LogP contribution in [0.3, 0.4) is 0 Å². The number of nitrogens with zero attached hydrogens (tertiary/aromatic N) is 1. The third kappa shape index (κ3) is 0.620. The number of hydrogen-bond acceptors (Lipinski definition) is 1. The molecule has 0 saturated carbocycles. The molecule has 0 N–H and O–H groups in total. The van der Waals surface area contributed by atoms with Gasteiger partial charge in [-0.15, -0.1) is 0 Å². The second kappa shape index (κ2) is 1.84. The molecule has 1 aliphatic heterocycles. The zero-order valence-corrected chi connectivity index (χ0v) is 5.29. The number of hydrogen-bond donors (Lipinski definition) is 0. The Kier molecular flexibility index (Phi) is 1.01. The molecular weight excluding hydrogens is 126 g/mol. The fourth-order valence-corrected chi connectivity index (χ4v) is 1.05. The van der Waals surface area contributed by atoms with Crippen LogP contribution < -0.4 is 5.32 Å². The van der Waals surface area contributed by atoms with Crippen LogP contribution in [0.1, 0.15) is 15.9 Å². The third-order valence-electron chi connectivity index (χ3n) is 1.57. The van der Waals surface area contributed by atoms with E-state index in [1.807, 2.05) is 6.07 Å². The first kappa shape index (κ1) is 5.47. The topological polar surface area (TPSA) is 31.2 Å². The molecule has 0 spiro atoms. The summed E-state index contributed by atoms with van der Waals surface area (Å²) in [5.74, 6) is -0.0935. The summed E-state index contributed by atoms with van der Waals surface area (Å²) in [5, 5.41) is 3.75.